The Bertz CT molecular complexity index is 1220. The molecule has 4 aromatic rings. The second kappa shape index (κ2) is 10.9. The normalized spacial score (nSPS) is 10.4. The highest BCUT2D eigenvalue weighted by Gasteiger charge is 2.19. The van der Waals surface area contributed by atoms with Gasteiger partial charge in [0.1, 0.15) is 11.5 Å². The fraction of sp³-hybridized carbons (Fsp3) is 0.160. The molecule has 33 heavy (non-hydrogen) atoms. The van der Waals surface area contributed by atoms with Gasteiger partial charge in [-0.15, -0.1) is 5.10 Å². The number of carboxylic acids is 1. The number of rotatable bonds is 6. The van der Waals surface area contributed by atoms with Gasteiger partial charge in [-0.2, -0.15) is 0 Å². The molecular weight excluding hydrogens is 420 g/mol. The van der Waals surface area contributed by atoms with E-state index in [1.54, 1.807) is 54.6 Å². The Morgan fingerprint density at radius 1 is 0.909 bits per heavy atom. The van der Waals surface area contributed by atoms with Crippen molar-refractivity contribution in [1.82, 2.24) is 14.8 Å². The van der Waals surface area contributed by atoms with Crippen LogP contribution in [0.5, 0.6) is 11.5 Å². The van der Waals surface area contributed by atoms with Gasteiger partial charge in [0.15, 0.2) is 11.6 Å². The van der Waals surface area contributed by atoms with Gasteiger partial charge in [0.2, 0.25) is 0 Å². The Hall–Kier alpha value is -4.17. The largest absolute Gasteiger partial charge is 0.507 e. The number of para-hydroxylation sites is 2. The Morgan fingerprint density at radius 3 is 1.97 bits per heavy atom. The van der Waals surface area contributed by atoms with Crippen molar-refractivity contribution in [3.63, 3.8) is 0 Å². The van der Waals surface area contributed by atoms with Crippen LogP contribution in [0.3, 0.4) is 0 Å². The number of benzene rings is 3. The first kappa shape index (κ1) is 23.5. The highest BCUT2D eigenvalue weighted by Crippen LogP contribution is 2.33. The lowest BCUT2D eigenvalue weighted by Gasteiger charge is -2.07. The van der Waals surface area contributed by atoms with Crippen molar-refractivity contribution in [2.24, 2.45) is 5.73 Å². The number of hydrogen-bond donors (Lipinski definition) is 4. The van der Waals surface area contributed by atoms with Crippen LogP contribution in [0.15, 0.2) is 72.8 Å². The molecule has 0 spiro atoms. The fourth-order valence-electron chi connectivity index (χ4n) is 3.06. The first-order valence-corrected chi connectivity index (χ1v) is 10.5. The van der Waals surface area contributed by atoms with Gasteiger partial charge in [0, 0.05) is 0 Å². The van der Waals surface area contributed by atoms with E-state index in [4.69, 9.17) is 10.8 Å². The quantitative estimate of drug-likeness (QED) is 0.343. The number of phenolic OH excluding ortho intramolecular Hbond substituents is 2. The maximum Gasteiger partial charge on any atom is 0.335 e. The standard InChI is InChI=1S/C21H15N3O4.C4H11N/c25-17-7-3-1-5-15(17)19-22-20(16-6-2-4-8-18(16)26)24(23-19)14-11-9-13(10-12-14)21(27)28;1-2-3-4-5/h1-12,25-26H,(H,27,28);2-5H2,1H3. The summed E-state index contributed by atoms with van der Waals surface area (Å²) in [6.07, 6.45) is 2.39. The van der Waals surface area contributed by atoms with Gasteiger partial charge >= 0.3 is 5.97 Å². The molecule has 0 bridgehead atoms. The molecule has 0 amide bonds. The van der Waals surface area contributed by atoms with Crippen LogP contribution in [0, 0.1) is 0 Å². The molecule has 0 saturated carbocycles. The Morgan fingerprint density at radius 2 is 1.48 bits per heavy atom. The van der Waals surface area contributed by atoms with E-state index >= 15 is 0 Å². The van der Waals surface area contributed by atoms with E-state index in [2.05, 4.69) is 17.0 Å². The van der Waals surface area contributed by atoms with Crippen LogP contribution < -0.4 is 5.73 Å². The number of nitrogens with zero attached hydrogens (tertiary/aromatic N) is 3. The zero-order valence-electron chi connectivity index (χ0n) is 18.2. The molecule has 0 aliphatic rings. The van der Waals surface area contributed by atoms with Crippen molar-refractivity contribution >= 4 is 5.97 Å². The molecule has 8 heteroatoms. The molecule has 0 radical (unpaired) electrons. The summed E-state index contributed by atoms with van der Waals surface area (Å²) in [5, 5.41) is 34.0. The molecular formula is C25H26N4O4. The minimum atomic E-state index is -1.03. The first-order valence-electron chi connectivity index (χ1n) is 10.5. The Balaban J connectivity index is 0.000000555. The van der Waals surface area contributed by atoms with E-state index in [1.807, 2.05) is 0 Å². The van der Waals surface area contributed by atoms with Crippen LogP contribution in [0.25, 0.3) is 28.5 Å². The zero-order valence-corrected chi connectivity index (χ0v) is 18.2. The van der Waals surface area contributed by atoms with E-state index in [1.165, 1.54) is 35.7 Å². The summed E-state index contributed by atoms with van der Waals surface area (Å²) in [5.74, 6) is -0.328. The fourth-order valence-corrected chi connectivity index (χ4v) is 3.06. The van der Waals surface area contributed by atoms with Gasteiger partial charge in [-0.25, -0.2) is 14.5 Å². The van der Waals surface area contributed by atoms with Crippen LogP contribution in [0.1, 0.15) is 30.1 Å². The van der Waals surface area contributed by atoms with Crippen molar-refractivity contribution in [1.29, 1.82) is 0 Å². The number of aromatic hydroxyl groups is 2. The minimum Gasteiger partial charge on any atom is -0.507 e. The van der Waals surface area contributed by atoms with Crippen molar-refractivity contribution in [3.05, 3.63) is 78.4 Å². The third kappa shape index (κ3) is 5.55. The van der Waals surface area contributed by atoms with Crippen molar-refractivity contribution < 1.29 is 20.1 Å². The maximum absolute atomic E-state index is 11.1. The molecule has 3 aromatic carbocycles. The van der Waals surface area contributed by atoms with Gasteiger partial charge < -0.3 is 21.1 Å². The lowest BCUT2D eigenvalue weighted by molar-refractivity contribution is 0.0697. The van der Waals surface area contributed by atoms with Crippen LogP contribution in [-0.2, 0) is 0 Å². The third-order valence-corrected chi connectivity index (χ3v) is 4.81. The van der Waals surface area contributed by atoms with Gasteiger partial charge in [0.05, 0.1) is 22.4 Å². The third-order valence-electron chi connectivity index (χ3n) is 4.81. The summed E-state index contributed by atoms with van der Waals surface area (Å²) in [7, 11) is 0. The van der Waals surface area contributed by atoms with Gasteiger partial charge in [0.25, 0.3) is 0 Å². The van der Waals surface area contributed by atoms with Gasteiger partial charge in [-0.05, 0) is 61.5 Å². The molecule has 1 aromatic heterocycles. The number of nitrogens with two attached hydrogens (primary N) is 1. The molecule has 0 saturated heterocycles. The molecule has 1 heterocycles. The molecule has 0 aliphatic heterocycles. The summed E-state index contributed by atoms with van der Waals surface area (Å²) in [4.78, 5) is 15.6. The lowest BCUT2D eigenvalue weighted by Crippen LogP contribution is -2.02. The van der Waals surface area contributed by atoms with Gasteiger partial charge in [-0.3, -0.25) is 0 Å². The average Bonchev–Trinajstić information content (AvgIpc) is 3.25. The second-order valence-corrected chi connectivity index (χ2v) is 7.20. The predicted molar refractivity (Wildman–Crippen MR) is 126 cm³/mol. The average molecular weight is 447 g/mol. The summed E-state index contributed by atoms with van der Waals surface area (Å²) < 4.78 is 1.50. The Kier molecular flexibility index (Phi) is 7.77. The number of carboxylic acid groups (broad SMARTS) is 1. The topological polar surface area (TPSA) is 134 Å². The summed E-state index contributed by atoms with van der Waals surface area (Å²) in [5.41, 5.74) is 6.76. The molecule has 0 fully saturated rings. The van der Waals surface area contributed by atoms with E-state index in [0.717, 1.165) is 6.54 Å². The second-order valence-electron chi connectivity index (χ2n) is 7.20. The van der Waals surface area contributed by atoms with Crippen LogP contribution in [0.4, 0.5) is 0 Å². The summed E-state index contributed by atoms with van der Waals surface area (Å²) in [6, 6.07) is 19.5. The monoisotopic (exact) mass is 446 g/mol. The van der Waals surface area contributed by atoms with E-state index in [0.29, 0.717) is 22.6 Å². The van der Waals surface area contributed by atoms with Crippen LogP contribution >= 0.6 is 0 Å². The summed E-state index contributed by atoms with van der Waals surface area (Å²) >= 11 is 0. The van der Waals surface area contributed by atoms with Crippen molar-refractivity contribution in [2.45, 2.75) is 19.8 Å². The molecule has 0 atom stereocenters. The van der Waals surface area contributed by atoms with Crippen LogP contribution in [-0.4, -0.2) is 42.6 Å². The Labute approximate surface area is 191 Å². The van der Waals surface area contributed by atoms with Crippen LogP contribution in [0.2, 0.25) is 0 Å². The number of hydrogen-bond acceptors (Lipinski definition) is 6. The van der Waals surface area contributed by atoms with Crippen molar-refractivity contribution in [3.8, 4) is 40.0 Å². The number of aromatic nitrogens is 3. The molecule has 0 aliphatic carbocycles. The van der Waals surface area contributed by atoms with Gasteiger partial charge in [-0.1, -0.05) is 37.6 Å². The number of phenols is 2. The first-order chi connectivity index (χ1) is 16.0. The summed E-state index contributed by atoms with van der Waals surface area (Å²) in [6.45, 7) is 2.98. The highest BCUT2D eigenvalue weighted by molar-refractivity contribution is 5.87. The number of carbonyl (C=O) groups is 1. The number of aromatic carboxylic acids is 1. The highest BCUT2D eigenvalue weighted by atomic mass is 16.4. The predicted octanol–water partition coefficient (Wildman–Crippen LogP) is 4.46. The van der Waals surface area contributed by atoms with Crippen molar-refractivity contribution in [2.75, 3.05) is 6.54 Å². The SMILES string of the molecule is CCCCN.O=C(O)c1ccc(-n2nc(-c3ccccc3O)nc2-c2ccccc2O)cc1. The van der Waals surface area contributed by atoms with E-state index in [-0.39, 0.29) is 22.9 Å². The van der Waals surface area contributed by atoms with E-state index in [9.17, 15) is 15.0 Å². The minimum absolute atomic E-state index is 0.0298. The zero-order chi connectivity index (χ0) is 23.8. The molecule has 170 valence electrons. The lowest BCUT2D eigenvalue weighted by atomic mass is 10.1. The van der Waals surface area contributed by atoms with E-state index < -0.39 is 5.97 Å². The molecule has 0 unspecified atom stereocenters. The molecule has 5 N–H and O–H groups in total. The maximum atomic E-state index is 11.1. The molecule has 8 nitrogen and oxygen atoms in total. The smallest absolute Gasteiger partial charge is 0.335 e. The molecule has 4 rings (SSSR count). The number of unbranched alkanes of at least 4 members (excludes halogenated alkanes) is 1.